The molecule has 1 aromatic heterocycles. The summed E-state index contributed by atoms with van der Waals surface area (Å²) in [7, 11) is 0. The molecule has 0 radical (unpaired) electrons. The van der Waals surface area contributed by atoms with Crippen LogP contribution in [-0.2, 0) is 9.59 Å². The Hall–Kier alpha value is -2.92. The fourth-order valence-corrected chi connectivity index (χ4v) is 8.80. The lowest BCUT2D eigenvalue weighted by Gasteiger charge is -2.32. The van der Waals surface area contributed by atoms with Crippen LogP contribution >= 0.6 is 57.7 Å². The Balaban J connectivity index is 1.92. The van der Waals surface area contributed by atoms with Crippen molar-refractivity contribution in [2.24, 2.45) is 21.7 Å². The Kier molecular flexibility index (Phi) is 11.4. The number of ketones is 2. The van der Waals surface area contributed by atoms with E-state index in [2.05, 4.69) is 95.2 Å². The predicted molar refractivity (Wildman–Crippen MR) is 229 cm³/mol. The Bertz CT molecular complexity index is 1990. The molecular formula is C46H48Cl4O2S. The Labute approximate surface area is 340 Å². The number of Topliss-reactive ketones (excluding diaryl/α,β-unsaturated/α-hetero) is 2. The van der Waals surface area contributed by atoms with Crippen molar-refractivity contribution in [1.29, 1.82) is 0 Å². The van der Waals surface area contributed by atoms with E-state index in [0.29, 0.717) is 20.1 Å². The van der Waals surface area contributed by atoms with Gasteiger partial charge in [0.2, 0.25) is 0 Å². The number of halogens is 4. The molecular weight excluding hydrogens is 758 g/mol. The first-order valence-electron chi connectivity index (χ1n) is 17.8. The van der Waals surface area contributed by atoms with Crippen LogP contribution in [0.15, 0.2) is 106 Å². The summed E-state index contributed by atoms with van der Waals surface area (Å²) in [6, 6.07) is 15.3. The molecule has 7 heteroatoms. The third kappa shape index (κ3) is 8.66. The zero-order valence-corrected chi connectivity index (χ0v) is 36.5. The van der Waals surface area contributed by atoms with Gasteiger partial charge < -0.3 is 0 Å². The van der Waals surface area contributed by atoms with Crippen LogP contribution in [0.25, 0.3) is 11.1 Å². The molecule has 5 rings (SSSR count). The van der Waals surface area contributed by atoms with Crippen LogP contribution in [0.5, 0.6) is 0 Å². The molecule has 0 saturated heterocycles. The molecule has 0 spiro atoms. The number of carbonyl (C=O) groups is 2. The molecule has 0 bridgehead atoms. The van der Waals surface area contributed by atoms with Gasteiger partial charge in [0.15, 0.2) is 11.6 Å². The van der Waals surface area contributed by atoms with Gasteiger partial charge in [0.1, 0.15) is 0 Å². The quantitative estimate of drug-likeness (QED) is 0.263. The normalized spacial score (nSPS) is 16.0. The number of rotatable bonds is 4. The summed E-state index contributed by atoms with van der Waals surface area (Å²) in [5.74, 6) is 0.114. The van der Waals surface area contributed by atoms with Crippen molar-refractivity contribution in [3.05, 3.63) is 147 Å². The molecule has 53 heavy (non-hydrogen) atoms. The number of allylic oxidation sites excluding steroid dienone is 10. The van der Waals surface area contributed by atoms with Gasteiger partial charge in [-0.05, 0) is 93.5 Å². The monoisotopic (exact) mass is 804 g/mol. The Morgan fingerprint density at radius 1 is 0.453 bits per heavy atom. The van der Waals surface area contributed by atoms with Gasteiger partial charge in [-0.2, -0.15) is 0 Å². The largest absolute Gasteiger partial charge is 0.289 e. The van der Waals surface area contributed by atoms with E-state index in [0.717, 1.165) is 65.5 Å². The Morgan fingerprint density at radius 2 is 0.736 bits per heavy atom. The molecule has 0 fully saturated rings. The van der Waals surface area contributed by atoms with E-state index in [1.165, 1.54) is 0 Å². The molecule has 2 nitrogen and oxygen atoms in total. The maximum Gasteiger partial charge on any atom is 0.186 e. The SMILES string of the molecule is CC(C)(C)C1=CC(=C(c2ccc(C(=C3C=C(C(C)(C)C)C(=O)C(C(C)(C)C)=C3)c3ccc(Cl)cc3Cl)s2)c2ccc(Cl)cc2Cl)C=C(C(C)(C)C)C1=O. The third-order valence-corrected chi connectivity index (χ3v) is 11.7. The van der Waals surface area contributed by atoms with Crippen LogP contribution in [-0.4, -0.2) is 11.6 Å². The first kappa shape index (κ1) is 41.2. The summed E-state index contributed by atoms with van der Waals surface area (Å²) in [5.41, 5.74) is 6.50. The molecule has 2 aromatic carbocycles. The van der Waals surface area contributed by atoms with Crippen molar-refractivity contribution >= 4 is 80.5 Å². The summed E-state index contributed by atoms with van der Waals surface area (Å²) >= 11 is 28.5. The van der Waals surface area contributed by atoms with Gasteiger partial charge in [0.05, 0.1) is 0 Å². The molecule has 0 amide bonds. The van der Waals surface area contributed by atoms with E-state index in [9.17, 15) is 9.59 Å². The van der Waals surface area contributed by atoms with E-state index in [4.69, 9.17) is 46.4 Å². The minimum absolute atomic E-state index is 0.0568. The second-order valence-electron chi connectivity index (χ2n) is 18.0. The summed E-state index contributed by atoms with van der Waals surface area (Å²) in [6.07, 6.45) is 8.10. The minimum atomic E-state index is -0.405. The lowest BCUT2D eigenvalue weighted by atomic mass is 9.71. The van der Waals surface area contributed by atoms with Crippen LogP contribution in [0.1, 0.15) is 104 Å². The summed E-state index contributed by atoms with van der Waals surface area (Å²) in [4.78, 5) is 29.9. The van der Waals surface area contributed by atoms with Gasteiger partial charge in [0, 0.05) is 74.4 Å². The number of thiophene rings is 1. The van der Waals surface area contributed by atoms with E-state index in [1.54, 1.807) is 23.5 Å². The molecule has 0 unspecified atom stereocenters. The van der Waals surface area contributed by atoms with Crippen molar-refractivity contribution in [2.75, 3.05) is 0 Å². The van der Waals surface area contributed by atoms with Gasteiger partial charge in [0.25, 0.3) is 0 Å². The number of hydrogen-bond acceptors (Lipinski definition) is 3. The molecule has 2 aliphatic rings. The topological polar surface area (TPSA) is 34.1 Å². The summed E-state index contributed by atoms with van der Waals surface area (Å²) < 4.78 is 0. The van der Waals surface area contributed by atoms with Crippen molar-refractivity contribution in [2.45, 2.75) is 83.1 Å². The average Bonchev–Trinajstić information content (AvgIpc) is 3.47. The third-order valence-electron chi connectivity index (χ3n) is 9.49. The van der Waals surface area contributed by atoms with Crippen LogP contribution in [0.3, 0.4) is 0 Å². The molecule has 0 N–H and O–H groups in total. The first-order chi connectivity index (χ1) is 24.3. The summed E-state index contributed by atoms with van der Waals surface area (Å²) in [5, 5.41) is 2.07. The van der Waals surface area contributed by atoms with E-state index >= 15 is 0 Å². The fraction of sp³-hybridized carbons (Fsp3) is 0.348. The molecule has 2 aliphatic carbocycles. The zero-order valence-electron chi connectivity index (χ0n) is 32.7. The lowest BCUT2D eigenvalue weighted by Crippen LogP contribution is -2.28. The highest BCUT2D eigenvalue weighted by Gasteiger charge is 2.37. The number of carbonyl (C=O) groups excluding carboxylic acids is 2. The van der Waals surface area contributed by atoms with Crippen LogP contribution in [0.4, 0.5) is 0 Å². The van der Waals surface area contributed by atoms with Crippen molar-refractivity contribution in [3.63, 3.8) is 0 Å². The van der Waals surface area contributed by atoms with Gasteiger partial charge in [-0.1, -0.05) is 142 Å². The van der Waals surface area contributed by atoms with Gasteiger partial charge in [-0.15, -0.1) is 11.3 Å². The molecule has 0 aliphatic heterocycles. The zero-order chi connectivity index (χ0) is 39.6. The summed E-state index contributed by atoms with van der Waals surface area (Å²) in [6.45, 7) is 24.8. The van der Waals surface area contributed by atoms with Gasteiger partial charge >= 0.3 is 0 Å². The molecule has 278 valence electrons. The number of hydrogen-bond donors (Lipinski definition) is 0. The molecule has 0 saturated carbocycles. The predicted octanol–water partition coefficient (Wildman–Crippen LogP) is 15.0. The number of benzene rings is 2. The molecule has 3 aromatic rings. The van der Waals surface area contributed by atoms with Crippen molar-refractivity contribution < 1.29 is 9.59 Å². The van der Waals surface area contributed by atoms with Gasteiger partial charge in [-0.25, -0.2) is 0 Å². The first-order valence-corrected chi connectivity index (χ1v) is 20.1. The Morgan fingerprint density at radius 3 is 0.981 bits per heavy atom. The highest BCUT2D eigenvalue weighted by atomic mass is 35.5. The van der Waals surface area contributed by atoms with E-state index in [1.807, 2.05) is 48.6 Å². The van der Waals surface area contributed by atoms with E-state index in [-0.39, 0.29) is 11.6 Å². The van der Waals surface area contributed by atoms with Gasteiger partial charge in [-0.3, -0.25) is 9.59 Å². The lowest BCUT2D eigenvalue weighted by molar-refractivity contribution is -0.114. The second-order valence-corrected chi connectivity index (χ2v) is 20.7. The van der Waals surface area contributed by atoms with Crippen LogP contribution in [0.2, 0.25) is 20.1 Å². The maximum atomic E-state index is 14.0. The standard InChI is InChI=1S/C46H48Cl4O2S/c1-43(2,3)31-19-25(20-32(41(31)51)44(4,5)6)39(29-15-13-27(47)23-35(29)49)37-17-18-38(53-37)40(30-16-14-28(48)24-36(30)50)26-21-33(45(7,8)9)42(52)34(22-26)46(10,11)12/h13-24H,1-12H3. The fourth-order valence-electron chi connectivity index (χ4n) is 6.63. The van der Waals surface area contributed by atoms with Crippen LogP contribution in [0, 0.1) is 21.7 Å². The molecule has 1 heterocycles. The maximum absolute atomic E-state index is 14.0. The highest BCUT2D eigenvalue weighted by molar-refractivity contribution is 7.14. The average molecular weight is 807 g/mol. The van der Waals surface area contributed by atoms with Crippen molar-refractivity contribution in [3.8, 4) is 0 Å². The van der Waals surface area contributed by atoms with E-state index < -0.39 is 21.7 Å². The van der Waals surface area contributed by atoms with Crippen molar-refractivity contribution in [1.82, 2.24) is 0 Å². The van der Waals surface area contributed by atoms with Crippen LogP contribution < -0.4 is 0 Å². The molecule has 0 atom stereocenters. The second kappa shape index (κ2) is 14.6. The minimum Gasteiger partial charge on any atom is -0.289 e. The highest BCUT2D eigenvalue weighted by Crippen LogP contribution is 2.48. The smallest absolute Gasteiger partial charge is 0.186 e.